The fraction of sp³-hybridized carbons (Fsp3) is 0.708. The molecule has 3 amide bonds. The third-order valence-electron chi connectivity index (χ3n) is 6.12. The number of imide groups is 1. The molecule has 6 nitrogen and oxygen atoms in total. The standard InChI is InChI=1S/C24H38N4O2/c1-19(2)17-28-22(30)27(13-7-9-20-8-6-12-25-16-20)21(29)24(28)10-14-26(15-11-24)18-23(3,4)5/h6,8,12,16,19H,7,9-11,13-15,17-18H2,1-5H3. The van der Waals surface area contributed by atoms with E-state index in [1.54, 1.807) is 6.20 Å². The summed E-state index contributed by atoms with van der Waals surface area (Å²) in [5, 5.41) is 0. The molecule has 3 rings (SSSR count). The molecule has 0 N–H and O–H groups in total. The van der Waals surface area contributed by atoms with Crippen molar-refractivity contribution in [2.24, 2.45) is 11.3 Å². The van der Waals surface area contributed by atoms with E-state index in [9.17, 15) is 9.59 Å². The van der Waals surface area contributed by atoms with Crippen LogP contribution in [0, 0.1) is 11.3 Å². The predicted octanol–water partition coefficient (Wildman–Crippen LogP) is 3.82. The van der Waals surface area contributed by atoms with Gasteiger partial charge in [0.2, 0.25) is 0 Å². The van der Waals surface area contributed by atoms with Crippen molar-refractivity contribution in [3.8, 4) is 0 Å². The molecule has 2 aliphatic heterocycles. The maximum atomic E-state index is 13.6. The molecule has 0 radical (unpaired) electrons. The molecule has 0 aliphatic carbocycles. The first-order valence-electron chi connectivity index (χ1n) is 11.4. The van der Waals surface area contributed by atoms with Crippen molar-refractivity contribution in [1.29, 1.82) is 0 Å². The number of nitrogens with zero attached hydrogens (tertiary/aromatic N) is 4. The van der Waals surface area contributed by atoms with Crippen LogP contribution in [-0.2, 0) is 11.2 Å². The van der Waals surface area contributed by atoms with Crippen molar-refractivity contribution in [3.63, 3.8) is 0 Å². The van der Waals surface area contributed by atoms with Crippen LogP contribution in [0.15, 0.2) is 24.5 Å². The Hall–Kier alpha value is -1.95. The summed E-state index contributed by atoms with van der Waals surface area (Å²) in [6.07, 6.45) is 6.67. The normalized spacial score (nSPS) is 20.1. The summed E-state index contributed by atoms with van der Waals surface area (Å²) in [5.41, 5.74) is 0.723. The number of hydrogen-bond donors (Lipinski definition) is 0. The smallest absolute Gasteiger partial charge is 0.309 e. The Balaban J connectivity index is 1.70. The van der Waals surface area contributed by atoms with Gasteiger partial charge in [-0.05, 0) is 48.6 Å². The Labute approximate surface area is 181 Å². The highest BCUT2D eigenvalue weighted by molar-refractivity contribution is 6.07. The second-order valence-corrected chi connectivity index (χ2v) is 10.6. The zero-order valence-corrected chi connectivity index (χ0v) is 19.4. The van der Waals surface area contributed by atoms with Crippen LogP contribution in [0.1, 0.15) is 59.4 Å². The Morgan fingerprint density at radius 2 is 1.87 bits per heavy atom. The number of carbonyl (C=O) groups excluding carboxylic acids is 2. The van der Waals surface area contributed by atoms with Gasteiger partial charge < -0.3 is 9.80 Å². The van der Waals surface area contributed by atoms with Crippen LogP contribution in [0.2, 0.25) is 0 Å². The third-order valence-corrected chi connectivity index (χ3v) is 6.12. The average molecular weight is 415 g/mol. The van der Waals surface area contributed by atoms with Gasteiger partial charge in [-0.3, -0.25) is 14.7 Å². The van der Waals surface area contributed by atoms with E-state index in [-0.39, 0.29) is 17.4 Å². The number of aryl methyl sites for hydroxylation is 1. The molecule has 0 saturated carbocycles. The highest BCUT2D eigenvalue weighted by atomic mass is 16.2. The molecule has 30 heavy (non-hydrogen) atoms. The number of aromatic nitrogens is 1. The highest BCUT2D eigenvalue weighted by Crippen LogP contribution is 2.38. The zero-order chi connectivity index (χ0) is 21.9. The maximum absolute atomic E-state index is 13.6. The summed E-state index contributed by atoms with van der Waals surface area (Å²) >= 11 is 0. The van der Waals surface area contributed by atoms with E-state index in [0.717, 1.165) is 50.9 Å². The lowest BCUT2D eigenvalue weighted by Crippen LogP contribution is -2.57. The molecule has 2 fully saturated rings. The first-order valence-corrected chi connectivity index (χ1v) is 11.4. The Bertz CT molecular complexity index is 733. The largest absolute Gasteiger partial charge is 0.327 e. The van der Waals surface area contributed by atoms with Crippen molar-refractivity contribution < 1.29 is 9.59 Å². The van der Waals surface area contributed by atoms with Crippen molar-refractivity contribution in [2.45, 2.75) is 65.8 Å². The van der Waals surface area contributed by atoms with Crippen LogP contribution in [0.4, 0.5) is 4.79 Å². The predicted molar refractivity (Wildman–Crippen MR) is 119 cm³/mol. The molecule has 6 heteroatoms. The van der Waals surface area contributed by atoms with E-state index < -0.39 is 5.54 Å². The average Bonchev–Trinajstić information content (AvgIpc) is 2.85. The van der Waals surface area contributed by atoms with Crippen LogP contribution < -0.4 is 0 Å². The molecule has 1 aromatic heterocycles. The number of hydrogen-bond acceptors (Lipinski definition) is 4. The van der Waals surface area contributed by atoms with Crippen molar-refractivity contribution in [1.82, 2.24) is 19.7 Å². The number of rotatable bonds is 7. The summed E-state index contributed by atoms with van der Waals surface area (Å²) in [5.74, 6) is 0.358. The lowest BCUT2D eigenvalue weighted by atomic mass is 9.84. The molecule has 0 unspecified atom stereocenters. The van der Waals surface area contributed by atoms with Crippen LogP contribution in [-0.4, -0.2) is 69.9 Å². The quantitative estimate of drug-likeness (QED) is 0.637. The minimum atomic E-state index is -0.649. The number of piperidine rings is 1. The molecule has 0 aromatic carbocycles. The highest BCUT2D eigenvalue weighted by Gasteiger charge is 2.57. The first-order chi connectivity index (χ1) is 14.1. The summed E-state index contributed by atoms with van der Waals surface area (Å²) in [4.78, 5) is 36.9. The van der Waals surface area contributed by atoms with Crippen LogP contribution in [0.5, 0.6) is 0 Å². The molecule has 1 aromatic rings. The van der Waals surface area contributed by atoms with E-state index in [0.29, 0.717) is 19.0 Å². The molecule has 2 saturated heterocycles. The second-order valence-electron chi connectivity index (χ2n) is 10.6. The topological polar surface area (TPSA) is 56.8 Å². The van der Waals surface area contributed by atoms with Crippen molar-refractivity contribution in [3.05, 3.63) is 30.1 Å². The van der Waals surface area contributed by atoms with E-state index in [2.05, 4.69) is 44.5 Å². The van der Waals surface area contributed by atoms with E-state index in [1.807, 2.05) is 23.2 Å². The number of urea groups is 1. The minimum absolute atomic E-state index is 0.0229. The molecule has 2 aliphatic rings. The lowest BCUT2D eigenvalue weighted by molar-refractivity contribution is -0.136. The van der Waals surface area contributed by atoms with Crippen LogP contribution in [0.25, 0.3) is 0 Å². The monoisotopic (exact) mass is 414 g/mol. The Kier molecular flexibility index (Phi) is 6.85. The SMILES string of the molecule is CC(C)CN1C(=O)N(CCCc2cccnc2)C(=O)C12CCN(CC(C)(C)C)CC2. The summed E-state index contributed by atoms with van der Waals surface area (Å²) < 4.78 is 0. The van der Waals surface area contributed by atoms with E-state index >= 15 is 0 Å². The lowest BCUT2D eigenvalue weighted by Gasteiger charge is -2.44. The summed E-state index contributed by atoms with van der Waals surface area (Å²) in [6.45, 7) is 14.9. The van der Waals surface area contributed by atoms with Gasteiger partial charge in [0.25, 0.3) is 5.91 Å². The molecule has 0 bridgehead atoms. The minimum Gasteiger partial charge on any atom is -0.309 e. The molecule has 3 heterocycles. The van der Waals surface area contributed by atoms with Crippen LogP contribution in [0.3, 0.4) is 0 Å². The molecular formula is C24H38N4O2. The van der Waals surface area contributed by atoms with Gasteiger partial charge in [0, 0.05) is 45.1 Å². The van der Waals surface area contributed by atoms with Gasteiger partial charge in [0.05, 0.1) is 0 Å². The van der Waals surface area contributed by atoms with Crippen molar-refractivity contribution in [2.75, 3.05) is 32.7 Å². The van der Waals surface area contributed by atoms with Gasteiger partial charge in [-0.25, -0.2) is 4.79 Å². The third kappa shape index (κ3) is 5.02. The maximum Gasteiger partial charge on any atom is 0.327 e. The molecule has 1 spiro atoms. The molecule has 0 atom stereocenters. The van der Waals surface area contributed by atoms with Gasteiger partial charge in [0.1, 0.15) is 5.54 Å². The summed E-state index contributed by atoms with van der Waals surface area (Å²) in [7, 11) is 0. The van der Waals surface area contributed by atoms with Gasteiger partial charge in [0.15, 0.2) is 0 Å². The summed E-state index contributed by atoms with van der Waals surface area (Å²) in [6, 6.07) is 3.87. The van der Waals surface area contributed by atoms with Gasteiger partial charge in [-0.2, -0.15) is 0 Å². The Morgan fingerprint density at radius 3 is 2.43 bits per heavy atom. The molecular weight excluding hydrogens is 376 g/mol. The van der Waals surface area contributed by atoms with Gasteiger partial charge in [-0.15, -0.1) is 0 Å². The first kappa shape index (κ1) is 22.7. The molecule has 166 valence electrons. The number of carbonyl (C=O) groups is 2. The van der Waals surface area contributed by atoms with Crippen LogP contribution >= 0.6 is 0 Å². The zero-order valence-electron chi connectivity index (χ0n) is 19.4. The number of amides is 3. The second kappa shape index (κ2) is 9.04. The number of likely N-dealkylation sites (tertiary alicyclic amines) is 1. The Morgan fingerprint density at radius 1 is 1.17 bits per heavy atom. The fourth-order valence-electron chi connectivity index (χ4n) is 4.82. The van der Waals surface area contributed by atoms with E-state index in [4.69, 9.17) is 0 Å². The number of pyridine rings is 1. The van der Waals surface area contributed by atoms with Gasteiger partial charge in [-0.1, -0.05) is 40.7 Å². The van der Waals surface area contributed by atoms with E-state index in [1.165, 1.54) is 4.90 Å². The fourth-order valence-corrected chi connectivity index (χ4v) is 4.82. The van der Waals surface area contributed by atoms with Gasteiger partial charge >= 0.3 is 6.03 Å². The van der Waals surface area contributed by atoms with Crippen molar-refractivity contribution >= 4 is 11.9 Å².